The zero-order valence-electron chi connectivity index (χ0n) is 5.85. The molecule has 2 N–H and O–H groups in total. The van der Waals surface area contributed by atoms with Crippen molar-refractivity contribution in [3.8, 4) is 0 Å². The lowest BCUT2D eigenvalue weighted by molar-refractivity contribution is -0.696. The zero-order valence-corrected chi connectivity index (χ0v) is 5.85. The van der Waals surface area contributed by atoms with Crippen molar-refractivity contribution in [1.82, 2.24) is 0 Å². The standard InChI is InChI=1S/C7H15N/c1-6-3-4-8-7(2)5-6/h6-8H,3-5H2,1-2H3/p+1/t6-,7-/m0/s1. The molecule has 1 aliphatic rings. The lowest BCUT2D eigenvalue weighted by atomic mass is 9.96. The van der Waals surface area contributed by atoms with Crippen molar-refractivity contribution >= 4 is 0 Å². The molecular formula is C7H16N+. The van der Waals surface area contributed by atoms with Crippen LogP contribution in [0.2, 0.25) is 0 Å². The van der Waals surface area contributed by atoms with Gasteiger partial charge in [0.1, 0.15) is 0 Å². The highest BCUT2D eigenvalue weighted by Gasteiger charge is 2.16. The Kier molecular flexibility index (Phi) is 1.90. The Balaban J connectivity index is 2.23. The first-order chi connectivity index (χ1) is 3.79. The van der Waals surface area contributed by atoms with E-state index in [1.54, 1.807) is 0 Å². The normalized spacial score (nSPS) is 39.8. The number of hydrogen-bond donors (Lipinski definition) is 1. The highest BCUT2D eigenvalue weighted by atomic mass is 14.9. The fourth-order valence-electron chi connectivity index (χ4n) is 1.51. The summed E-state index contributed by atoms with van der Waals surface area (Å²) in [6, 6.07) is 0.888. The molecule has 1 heterocycles. The largest absolute Gasteiger partial charge is 0.344 e. The average molecular weight is 114 g/mol. The van der Waals surface area contributed by atoms with Crippen LogP contribution in [0.1, 0.15) is 26.7 Å². The first-order valence-corrected chi connectivity index (χ1v) is 3.62. The molecule has 1 saturated heterocycles. The van der Waals surface area contributed by atoms with Gasteiger partial charge in [0.25, 0.3) is 0 Å². The molecule has 1 rings (SSSR count). The minimum absolute atomic E-state index is 0.888. The fourth-order valence-corrected chi connectivity index (χ4v) is 1.51. The summed E-state index contributed by atoms with van der Waals surface area (Å²) in [6.45, 7) is 6.02. The maximum absolute atomic E-state index is 2.44. The van der Waals surface area contributed by atoms with Crippen molar-refractivity contribution in [3.63, 3.8) is 0 Å². The molecule has 1 fully saturated rings. The molecule has 0 unspecified atom stereocenters. The van der Waals surface area contributed by atoms with Gasteiger partial charge in [-0.15, -0.1) is 0 Å². The smallest absolute Gasteiger partial charge is 0.0833 e. The summed E-state index contributed by atoms with van der Waals surface area (Å²) in [5.41, 5.74) is 0. The van der Waals surface area contributed by atoms with Crippen LogP contribution in [0, 0.1) is 5.92 Å². The van der Waals surface area contributed by atoms with Crippen LogP contribution >= 0.6 is 0 Å². The van der Waals surface area contributed by atoms with E-state index in [2.05, 4.69) is 19.2 Å². The van der Waals surface area contributed by atoms with E-state index in [-0.39, 0.29) is 0 Å². The number of rotatable bonds is 0. The van der Waals surface area contributed by atoms with E-state index in [9.17, 15) is 0 Å². The molecule has 48 valence electrons. The predicted molar refractivity (Wildman–Crippen MR) is 34.7 cm³/mol. The van der Waals surface area contributed by atoms with Crippen LogP contribution in [-0.4, -0.2) is 12.6 Å². The van der Waals surface area contributed by atoms with Crippen molar-refractivity contribution in [1.29, 1.82) is 0 Å². The number of quaternary nitrogens is 1. The molecule has 8 heavy (non-hydrogen) atoms. The minimum atomic E-state index is 0.888. The maximum atomic E-state index is 2.44. The molecule has 0 aromatic heterocycles. The van der Waals surface area contributed by atoms with Gasteiger partial charge in [-0.2, -0.15) is 0 Å². The Morgan fingerprint density at radius 1 is 1.38 bits per heavy atom. The first kappa shape index (κ1) is 6.09. The number of nitrogens with two attached hydrogens (primary N) is 1. The van der Waals surface area contributed by atoms with Crippen LogP contribution in [0.5, 0.6) is 0 Å². The first-order valence-electron chi connectivity index (χ1n) is 3.62. The molecule has 0 aromatic rings. The van der Waals surface area contributed by atoms with Gasteiger partial charge in [0, 0.05) is 6.42 Å². The molecule has 1 aliphatic heterocycles. The highest BCUT2D eigenvalue weighted by molar-refractivity contribution is 4.59. The average Bonchev–Trinajstić information content (AvgIpc) is 1.64. The van der Waals surface area contributed by atoms with Gasteiger partial charge in [-0.1, -0.05) is 6.92 Å². The SMILES string of the molecule is C[C@H]1CC[NH2+][C@@H](C)C1. The van der Waals surface area contributed by atoms with E-state index in [1.165, 1.54) is 19.4 Å². The summed E-state index contributed by atoms with van der Waals surface area (Å²) in [6.07, 6.45) is 2.84. The number of hydrogen-bond acceptors (Lipinski definition) is 0. The summed E-state index contributed by atoms with van der Waals surface area (Å²) in [5, 5.41) is 2.44. The van der Waals surface area contributed by atoms with Gasteiger partial charge in [-0.3, -0.25) is 0 Å². The van der Waals surface area contributed by atoms with Gasteiger partial charge >= 0.3 is 0 Å². The monoisotopic (exact) mass is 114 g/mol. The molecule has 2 atom stereocenters. The van der Waals surface area contributed by atoms with Crippen molar-refractivity contribution in [2.45, 2.75) is 32.7 Å². The second kappa shape index (κ2) is 2.49. The van der Waals surface area contributed by atoms with Crippen LogP contribution in [-0.2, 0) is 0 Å². The topological polar surface area (TPSA) is 16.6 Å². The lowest BCUT2D eigenvalue weighted by Crippen LogP contribution is -2.91. The van der Waals surface area contributed by atoms with E-state index >= 15 is 0 Å². The molecular weight excluding hydrogens is 98.1 g/mol. The maximum Gasteiger partial charge on any atom is 0.0833 e. The quantitative estimate of drug-likeness (QED) is 0.468. The fraction of sp³-hybridized carbons (Fsp3) is 1.00. The van der Waals surface area contributed by atoms with E-state index in [0.29, 0.717) is 0 Å². The van der Waals surface area contributed by atoms with Gasteiger partial charge in [-0.25, -0.2) is 0 Å². The molecule has 1 nitrogen and oxygen atoms in total. The predicted octanol–water partition coefficient (Wildman–Crippen LogP) is 0.368. The van der Waals surface area contributed by atoms with Gasteiger partial charge in [0.15, 0.2) is 0 Å². The summed E-state index contributed by atoms with van der Waals surface area (Å²) in [5.74, 6) is 0.981. The van der Waals surface area contributed by atoms with Gasteiger partial charge in [0.2, 0.25) is 0 Å². The number of piperidine rings is 1. The van der Waals surface area contributed by atoms with E-state index < -0.39 is 0 Å². The Morgan fingerprint density at radius 3 is 2.50 bits per heavy atom. The van der Waals surface area contributed by atoms with E-state index in [1.807, 2.05) is 0 Å². The van der Waals surface area contributed by atoms with Gasteiger partial charge in [0.05, 0.1) is 12.6 Å². The van der Waals surface area contributed by atoms with Crippen LogP contribution in [0.15, 0.2) is 0 Å². The van der Waals surface area contributed by atoms with Crippen molar-refractivity contribution < 1.29 is 5.32 Å². The molecule has 0 bridgehead atoms. The van der Waals surface area contributed by atoms with Crippen molar-refractivity contribution in [2.75, 3.05) is 6.54 Å². The molecule has 0 spiro atoms. The second-order valence-corrected chi connectivity index (χ2v) is 3.13. The van der Waals surface area contributed by atoms with Crippen LogP contribution < -0.4 is 5.32 Å². The zero-order chi connectivity index (χ0) is 5.98. The third kappa shape index (κ3) is 1.48. The highest BCUT2D eigenvalue weighted by Crippen LogP contribution is 2.09. The lowest BCUT2D eigenvalue weighted by Gasteiger charge is -2.21. The second-order valence-electron chi connectivity index (χ2n) is 3.13. The van der Waals surface area contributed by atoms with Crippen molar-refractivity contribution in [3.05, 3.63) is 0 Å². The van der Waals surface area contributed by atoms with Crippen LogP contribution in [0.25, 0.3) is 0 Å². The molecule has 0 amide bonds. The third-order valence-corrected chi connectivity index (χ3v) is 2.00. The molecule has 0 saturated carbocycles. The van der Waals surface area contributed by atoms with Crippen molar-refractivity contribution in [2.24, 2.45) is 5.92 Å². The summed E-state index contributed by atoms with van der Waals surface area (Å²) >= 11 is 0. The molecule has 1 heteroatoms. The van der Waals surface area contributed by atoms with Gasteiger partial charge < -0.3 is 5.32 Å². The van der Waals surface area contributed by atoms with E-state index in [4.69, 9.17) is 0 Å². The Morgan fingerprint density at radius 2 is 2.12 bits per heavy atom. The molecule has 0 radical (unpaired) electrons. The van der Waals surface area contributed by atoms with Crippen LogP contribution in [0.3, 0.4) is 0 Å². The minimum Gasteiger partial charge on any atom is -0.344 e. The van der Waals surface area contributed by atoms with Gasteiger partial charge in [-0.05, 0) is 19.3 Å². The third-order valence-electron chi connectivity index (χ3n) is 2.00. The Bertz CT molecular complexity index is 62.8. The summed E-state index contributed by atoms with van der Waals surface area (Å²) in [7, 11) is 0. The molecule has 0 aromatic carbocycles. The summed E-state index contributed by atoms with van der Waals surface area (Å²) < 4.78 is 0. The van der Waals surface area contributed by atoms with E-state index in [0.717, 1.165) is 12.0 Å². The van der Waals surface area contributed by atoms with Crippen LogP contribution in [0.4, 0.5) is 0 Å². The Labute approximate surface area is 51.5 Å². The molecule has 0 aliphatic carbocycles. The Hall–Kier alpha value is -0.0400. The summed E-state index contributed by atoms with van der Waals surface area (Å²) in [4.78, 5) is 0.